The minimum atomic E-state index is -0.277. The summed E-state index contributed by atoms with van der Waals surface area (Å²) in [5, 5.41) is 0.561. The van der Waals surface area contributed by atoms with Crippen molar-refractivity contribution in [3.8, 4) is 0 Å². The van der Waals surface area contributed by atoms with E-state index >= 15 is 0 Å². The molecule has 1 fully saturated rings. The molecule has 1 unspecified atom stereocenters. The van der Waals surface area contributed by atoms with Gasteiger partial charge in [0.05, 0.1) is 0 Å². The number of primary amides is 1. The molecule has 2 N–H and O–H groups in total. The molecule has 0 spiro atoms. The highest BCUT2D eigenvalue weighted by atomic mass is 32.2. The maximum absolute atomic E-state index is 10.9. The predicted molar refractivity (Wildman–Crippen MR) is 52.2 cm³/mol. The lowest BCUT2D eigenvalue weighted by atomic mass is 10.1. The van der Waals surface area contributed by atoms with Gasteiger partial charge in [0.15, 0.2) is 0 Å². The maximum atomic E-state index is 10.9. The average Bonchev–Trinajstić information content (AvgIpc) is 2.04. The first-order chi connectivity index (χ1) is 5.61. The zero-order valence-electron chi connectivity index (χ0n) is 7.62. The molecule has 0 aliphatic carbocycles. The molecule has 70 valence electrons. The monoisotopic (exact) mass is 188 g/mol. The van der Waals surface area contributed by atoms with Crippen LogP contribution in [0.1, 0.15) is 13.8 Å². The molecule has 0 aromatic rings. The molecule has 0 aromatic carbocycles. The van der Waals surface area contributed by atoms with Gasteiger partial charge in [-0.3, -0.25) is 0 Å². The van der Waals surface area contributed by atoms with E-state index in [4.69, 9.17) is 5.73 Å². The summed E-state index contributed by atoms with van der Waals surface area (Å²) in [5.74, 6) is 1.64. The molecular formula is C8H16N2OS. The van der Waals surface area contributed by atoms with Gasteiger partial charge in [0.25, 0.3) is 0 Å². The van der Waals surface area contributed by atoms with Crippen LogP contribution in [0.15, 0.2) is 0 Å². The van der Waals surface area contributed by atoms with Gasteiger partial charge in [-0.05, 0) is 5.92 Å². The molecule has 0 radical (unpaired) electrons. The number of carbonyl (C=O) groups is 1. The van der Waals surface area contributed by atoms with E-state index in [2.05, 4.69) is 13.8 Å². The molecule has 4 heteroatoms. The van der Waals surface area contributed by atoms with Crippen LogP contribution >= 0.6 is 11.8 Å². The number of hydrogen-bond donors (Lipinski definition) is 1. The van der Waals surface area contributed by atoms with Crippen molar-refractivity contribution in [3.63, 3.8) is 0 Å². The number of hydrogen-bond acceptors (Lipinski definition) is 2. The first-order valence-electron chi connectivity index (χ1n) is 4.27. The summed E-state index contributed by atoms with van der Waals surface area (Å²) in [5.41, 5.74) is 5.21. The molecule has 0 saturated carbocycles. The minimum Gasteiger partial charge on any atom is -0.351 e. The van der Waals surface area contributed by atoms with Crippen molar-refractivity contribution in [2.24, 2.45) is 11.7 Å². The normalized spacial score (nSPS) is 24.6. The third-order valence-corrected chi connectivity index (χ3v) is 3.69. The van der Waals surface area contributed by atoms with E-state index in [1.807, 2.05) is 11.8 Å². The fourth-order valence-corrected chi connectivity index (χ4v) is 2.58. The van der Waals surface area contributed by atoms with Crippen LogP contribution in [0, 0.1) is 5.92 Å². The Labute approximate surface area is 77.7 Å². The number of rotatable bonds is 1. The van der Waals surface area contributed by atoms with Crippen LogP contribution in [0.5, 0.6) is 0 Å². The summed E-state index contributed by atoms with van der Waals surface area (Å²) in [6.07, 6.45) is 0. The molecular weight excluding hydrogens is 172 g/mol. The Balaban J connectivity index is 2.46. The molecule has 12 heavy (non-hydrogen) atoms. The highest BCUT2D eigenvalue weighted by Crippen LogP contribution is 2.24. The van der Waals surface area contributed by atoms with Crippen LogP contribution in [0.2, 0.25) is 0 Å². The second-order valence-corrected chi connectivity index (χ2v) is 4.78. The maximum Gasteiger partial charge on any atom is 0.314 e. The predicted octanol–water partition coefficient (Wildman–Crippen LogP) is 1.14. The summed E-state index contributed by atoms with van der Waals surface area (Å²) in [7, 11) is 0. The van der Waals surface area contributed by atoms with E-state index in [-0.39, 0.29) is 6.03 Å². The Morgan fingerprint density at radius 3 is 2.83 bits per heavy atom. The highest BCUT2D eigenvalue weighted by Gasteiger charge is 2.24. The molecule has 1 heterocycles. The van der Waals surface area contributed by atoms with Gasteiger partial charge in [0.1, 0.15) is 0 Å². The quantitative estimate of drug-likeness (QED) is 0.670. The molecule has 1 atom stereocenters. The molecule has 2 amide bonds. The topological polar surface area (TPSA) is 46.3 Å². The zero-order valence-corrected chi connectivity index (χ0v) is 8.43. The fourth-order valence-electron chi connectivity index (χ4n) is 1.28. The number of urea groups is 1. The van der Waals surface area contributed by atoms with Crippen LogP contribution in [0.25, 0.3) is 0 Å². The minimum absolute atomic E-state index is 0.277. The zero-order chi connectivity index (χ0) is 9.14. The average molecular weight is 188 g/mol. The van der Waals surface area contributed by atoms with Crippen molar-refractivity contribution in [2.45, 2.75) is 19.1 Å². The molecule has 1 aliphatic heterocycles. The van der Waals surface area contributed by atoms with Crippen molar-refractivity contribution in [3.05, 3.63) is 0 Å². The number of nitrogens with two attached hydrogens (primary N) is 1. The van der Waals surface area contributed by atoms with Crippen LogP contribution in [0.3, 0.4) is 0 Å². The first-order valence-corrected chi connectivity index (χ1v) is 5.32. The van der Waals surface area contributed by atoms with Gasteiger partial charge in [-0.25, -0.2) is 4.79 Å². The van der Waals surface area contributed by atoms with Crippen LogP contribution in [-0.4, -0.2) is 35.0 Å². The van der Waals surface area contributed by atoms with Gasteiger partial charge >= 0.3 is 6.03 Å². The standard InChI is InChI=1S/C8H16N2OS/c1-6(2)7-5-10(8(9)11)3-4-12-7/h6-7H,3-5H2,1-2H3,(H2,9,11). The van der Waals surface area contributed by atoms with Gasteiger partial charge < -0.3 is 10.6 Å². The van der Waals surface area contributed by atoms with Crippen molar-refractivity contribution < 1.29 is 4.79 Å². The summed E-state index contributed by atoms with van der Waals surface area (Å²) < 4.78 is 0. The third-order valence-electron chi connectivity index (χ3n) is 2.15. The van der Waals surface area contributed by atoms with Gasteiger partial charge in [-0.1, -0.05) is 13.8 Å². The highest BCUT2D eigenvalue weighted by molar-refractivity contribution is 8.00. The third kappa shape index (κ3) is 2.30. The Morgan fingerprint density at radius 1 is 1.67 bits per heavy atom. The summed E-state index contributed by atoms with van der Waals surface area (Å²) in [6, 6.07) is -0.277. The molecule has 0 bridgehead atoms. The van der Waals surface area contributed by atoms with Gasteiger partial charge in [-0.2, -0.15) is 11.8 Å². The molecule has 1 saturated heterocycles. The number of thioether (sulfide) groups is 1. The molecule has 0 aromatic heterocycles. The van der Waals surface area contributed by atoms with Crippen LogP contribution in [0.4, 0.5) is 4.79 Å². The van der Waals surface area contributed by atoms with E-state index < -0.39 is 0 Å². The fraction of sp³-hybridized carbons (Fsp3) is 0.875. The lowest BCUT2D eigenvalue weighted by Crippen LogP contribution is -2.45. The SMILES string of the molecule is CC(C)C1CN(C(N)=O)CCS1. The lowest BCUT2D eigenvalue weighted by Gasteiger charge is -2.33. The van der Waals surface area contributed by atoms with Crippen LogP contribution in [-0.2, 0) is 0 Å². The first kappa shape index (κ1) is 9.71. The van der Waals surface area contributed by atoms with E-state index in [0.29, 0.717) is 11.2 Å². The van der Waals surface area contributed by atoms with Crippen LogP contribution < -0.4 is 5.73 Å². The van der Waals surface area contributed by atoms with Gasteiger partial charge in [-0.15, -0.1) is 0 Å². The molecule has 1 rings (SSSR count). The number of nitrogens with zero attached hydrogens (tertiary/aromatic N) is 1. The summed E-state index contributed by atoms with van der Waals surface area (Å²) in [6.45, 7) is 5.99. The van der Waals surface area contributed by atoms with E-state index in [1.165, 1.54) is 0 Å². The second-order valence-electron chi connectivity index (χ2n) is 3.44. The van der Waals surface area contributed by atoms with Crippen molar-refractivity contribution >= 4 is 17.8 Å². The number of amides is 2. The van der Waals surface area contributed by atoms with E-state index in [0.717, 1.165) is 18.8 Å². The Bertz CT molecular complexity index is 172. The van der Waals surface area contributed by atoms with E-state index in [1.54, 1.807) is 4.90 Å². The molecule has 3 nitrogen and oxygen atoms in total. The van der Waals surface area contributed by atoms with Gasteiger partial charge in [0.2, 0.25) is 0 Å². The Morgan fingerprint density at radius 2 is 2.33 bits per heavy atom. The lowest BCUT2D eigenvalue weighted by molar-refractivity contribution is 0.207. The second kappa shape index (κ2) is 4.03. The van der Waals surface area contributed by atoms with Gasteiger partial charge in [0, 0.05) is 24.1 Å². The molecule has 1 aliphatic rings. The van der Waals surface area contributed by atoms with Crippen molar-refractivity contribution in [1.29, 1.82) is 0 Å². The summed E-state index contributed by atoms with van der Waals surface area (Å²) in [4.78, 5) is 12.6. The van der Waals surface area contributed by atoms with E-state index in [9.17, 15) is 4.79 Å². The Hall–Kier alpha value is -0.380. The van der Waals surface area contributed by atoms with Crippen molar-refractivity contribution in [1.82, 2.24) is 4.90 Å². The largest absolute Gasteiger partial charge is 0.351 e. The Kier molecular flexibility index (Phi) is 3.26. The van der Waals surface area contributed by atoms with Crippen molar-refractivity contribution in [2.75, 3.05) is 18.8 Å². The summed E-state index contributed by atoms with van der Waals surface area (Å²) >= 11 is 1.94. The smallest absolute Gasteiger partial charge is 0.314 e. The number of carbonyl (C=O) groups excluding carboxylic acids is 1.